The lowest BCUT2D eigenvalue weighted by Crippen LogP contribution is -2.43. The van der Waals surface area contributed by atoms with Gasteiger partial charge in [0.1, 0.15) is 0 Å². The minimum atomic E-state index is -0.0994. The monoisotopic (exact) mass is 593 g/mol. The first kappa shape index (κ1) is 28.1. The Morgan fingerprint density at radius 2 is 0.913 bits per heavy atom. The zero-order valence-electron chi connectivity index (χ0n) is 26.6. The van der Waals surface area contributed by atoms with Gasteiger partial charge in [-0.15, -0.1) is 0 Å². The van der Waals surface area contributed by atoms with Gasteiger partial charge >= 0.3 is 0 Å². The van der Waals surface area contributed by atoms with Gasteiger partial charge in [0.25, 0.3) is 0 Å². The first-order valence-corrected chi connectivity index (χ1v) is 16.0. The molecule has 1 aliphatic carbocycles. The largest absolute Gasteiger partial charge is 0.208 e. The summed E-state index contributed by atoms with van der Waals surface area (Å²) in [4.78, 5) is 15.3. The molecular formula is C43H35N3. The molecule has 0 atom stereocenters. The number of hydrogen-bond acceptors (Lipinski definition) is 3. The van der Waals surface area contributed by atoms with Gasteiger partial charge in [0.2, 0.25) is 0 Å². The summed E-state index contributed by atoms with van der Waals surface area (Å²) in [6.45, 7) is 9.53. The number of benzene rings is 6. The molecule has 0 amide bonds. The van der Waals surface area contributed by atoms with Crippen LogP contribution in [0.25, 0.3) is 67.2 Å². The van der Waals surface area contributed by atoms with Gasteiger partial charge in [-0.2, -0.15) is 0 Å². The number of aromatic nitrogens is 3. The number of hydrogen-bond donors (Lipinski definition) is 0. The Balaban J connectivity index is 1.41. The maximum atomic E-state index is 5.18. The second-order valence-corrected chi connectivity index (χ2v) is 13.3. The Kier molecular flexibility index (Phi) is 6.47. The van der Waals surface area contributed by atoms with Crippen LogP contribution in [0.4, 0.5) is 0 Å². The molecule has 0 bridgehead atoms. The molecule has 0 fully saturated rings. The van der Waals surface area contributed by atoms with E-state index < -0.39 is 0 Å². The third-order valence-electron chi connectivity index (χ3n) is 10.3. The van der Waals surface area contributed by atoms with Gasteiger partial charge in [-0.1, -0.05) is 161 Å². The van der Waals surface area contributed by atoms with Crippen molar-refractivity contribution < 1.29 is 0 Å². The Labute approximate surface area is 270 Å². The van der Waals surface area contributed by atoms with Crippen LogP contribution in [0.3, 0.4) is 0 Å². The van der Waals surface area contributed by atoms with Crippen molar-refractivity contribution in [3.8, 4) is 56.4 Å². The van der Waals surface area contributed by atoms with E-state index in [9.17, 15) is 0 Å². The highest BCUT2D eigenvalue weighted by molar-refractivity contribution is 6.03. The fraction of sp³-hybridized carbons (Fsp3) is 0.140. The Morgan fingerprint density at radius 1 is 0.391 bits per heavy atom. The SMILES string of the molecule is CC1(C)c2ccccc2-c2ccc(-c3ccc4ccccc4c3-c3nc(-c4ccccc4)nc(-c4ccccc4)n3)cc2C1(C)C. The van der Waals surface area contributed by atoms with Crippen LogP contribution in [0.1, 0.15) is 38.8 Å². The maximum Gasteiger partial charge on any atom is 0.165 e. The third-order valence-corrected chi connectivity index (χ3v) is 10.3. The molecule has 3 nitrogen and oxygen atoms in total. The molecule has 0 saturated heterocycles. The predicted octanol–water partition coefficient (Wildman–Crippen LogP) is 10.9. The normalized spacial score (nSPS) is 14.4. The summed E-state index contributed by atoms with van der Waals surface area (Å²) in [5.41, 5.74) is 10.4. The predicted molar refractivity (Wildman–Crippen MR) is 191 cm³/mol. The highest BCUT2D eigenvalue weighted by Crippen LogP contribution is 2.54. The lowest BCUT2D eigenvalue weighted by Gasteiger charge is -2.48. The minimum absolute atomic E-state index is 0.0508. The zero-order chi connectivity index (χ0) is 31.5. The highest BCUT2D eigenvalue weighted by atomic mass is 15.0. The van der Waals surface area contributed by atoms with Gasteiger partial charge in [0.15, 0.2) is 17.5 Å². The van der Waals surface area contributed by atoms with E-state index in [-0.39, 0.29) is 10.8 Å². The first-order chi connectivity index (χ1) is 22.3. The second kappa shape index (κ2) is 10.6. The average Bonchev–Trinajstić information content (AvgIpc) is 3.11. The van der Waals surface area contributed by atoms with E-state index in [2.05, 4.69) is 131 Å². The molecule has 7 aromatic rings. The smallest absolute Gasteiger partial charge is 0.165 e. The molecule has 1 aromatic heterocycles. The van der Waals surface area contributed by atoms with E-state index in [1.54, 1.807) is 0 Å². The zero-order valence-corrected chi connectivity index (χ0v) is 26.6. The fourth-order valence-electron chi connectivity index (χ4n) is 7.07. The topological polar surface area (TPSA) is 38.7 Å². The van der Waals surface area contributed by atoms with Crippen molar-refractivity contribution in [3.05, 3.63) is 151 Å². The molecule has 0 saturated carbocycles. The van der Waals surface area contributed by atoms with Crippen molar-refractivity contribution >= 4 is 10.8 Å². The summed E-state index contributed by atoms with van der Waals surface area (Å²) >= 11 is 0. The van der Waals surface area contributed by atoms with Crippen LogP contribution in [0, 0.1) is 0 Å². The van der Waals surface area contributed by atoms with Gasteiger partial charge < -0.3 is 0 Å². The molecule has 0 radical (unpaired) electrons. The third kappa shape index (κ3) is 4.38. The Morgan fingerprint density at radius 3 is 1.61 bits per heavy atom. The summed E-state index contributed by atoms with van der Waals surface area (Å²) in [6.07, 6.45) is 0. The van der Waals surface area contributed by atoms with Crippen LogP contribution < -0.4 is 0 Å². The highest BCUT2D eigenvalue weighted by Gasteiger charge is 2.45. The molecule has 3 heteroatoms. The summed E-state index contributed by atoms with van der Waals surface area (Å²) in [6, 6.07) is 49.3. The van der Waals surface area contributed by atoms with Crippen molar-refractivity contribution in [2.24, 2.45) is 0 Å². The van der Waals surface area contributed by atoms with Gasteiger partial charge in [-0.25, -0.2) is 15.0 Å². The van der Waals surface area contributed by atoms with Gasteiger partial charge in [0, 0.05) is 16.7 Å². The molecule has 0 N–H and O–H groups in total. The Bertz CT molecular complexity index is 2190. The average molecular weight is 594 g/mol. The molecule has 6 aromatic carbocycles. The van der Waals surface area contributed by atoms with Gasteiger partial charge in [0.05, 0.1) is 0 Å². The molecule has 1 aliphatic rings. The first-order valence-electron chi connectivity index (χ1n) is 16.0. The fourth-order valence-corrected chi connectivity index (χ4v) is 7.07. The quantitative estimate of drug-likeness (QED) is 0.204. The molecule has 8 rings (SSSR count). The maximum absolute atomic E-state index is 5.18. The van der Waals surface area contributed by atoms with E-state index in [0.29, 0.717) is 17.5 Å². The van der Waals surface area contributed by atoms with E-state index >= 15 is 0 Å². The van der Waals surface area contributed by atoms with Crippen molar-refractivity contribution in [3.63, 3.8) is 0 Å². The molecule has 1 heterocycles. The van der Waals surface area contributed by atoms with Crippen LogP contribution in [0.2, 0.25) is 0 Å². The summed E-state index contributed by atoms with van der Waals surface area (Å²) in [5, 5.41) is 2.27. The lowest BCUT2D eigenvalue weighted by molar-refractivity contribution is 0.299. The molecule has 0 spiro atoms. The van der Waals surface area contributed by atoms with E-state index in [1.165, 1.54) is 22.3 Å². The summed E-state index contributed by atoms with van der Waals surface area (Å²) < 4.78 is 0. The molecule has 0 unspecified atom stereocenters. The number of rotatable bonds is 4. The van der Waals surface area contributed by atoms with Gasteiger partial charge in [-0.3, -0.25) is 0 Å². The standard InChI is InChI=1S/C43H35N3/c1-42(2)36-22-14-13-21-34(36)35-26-24-31(27-37(35)43(42,3)4)33-25-23-28-15-11-12-20-32(28)38(33)41-45-39(29-16-7-5-8-17-29)44-40(46-41)30-18-9-6-10-19-30/h5-27H,1-4H3. The summed E-state index contributed by atoms with van der Waals surface area (Å²) in [7, 11) is 0. The van der Waals surface area contributed by atoms with Crippen molar-refractivity contribution in [2.75, 3.05) is 0 Å². The van der Waals surface area contributed by atoms with E-state index in [4.69, 9.17) is 15.0 Å². The molecule has 222 valence electrons. The van der Waals surface area contributed by atoms with Crippen LogP contribution >= 0.6 is 0 Å². The van der Waals surface area contributed by atoms with Crippen LogP contribution in [0.5, 0.6) is 0 Å². The van der Waals surface area contributed by atoms with E-state index in [0.717, 1.165) is 38.6 Å². The Hall–Kier alpha value is -5.41. The van der Waals surface area contributed by atoms with Crippen LogP contribution in [-0.4, -0.2) is 15.0 Å². The van der Waals surface area contributed by atoms with Crippen LogP contribution in [0.15, 0.2) is 140 Å². The minimum Gasteiger partial charge on any atom is -0.208 e. The van der Waals surface area contributed by atoms with Crippen molar-refractivity contribution in [1.82, 2.24) is 15.0 Å². The second-order valence-electron chi connectivity index (χ2n) is 13.3. The van der Waals surface area contributed by atoms with Crippen molar-refractivity contribution in [1.29, 1.82) is 0 Å². The van der Waals surface area contributed by atoms with Crippen molar-refractivity contribution in [2.45, 2.75) is 38.5 Å². The number of nitrogens with zero attached hydrogens (tertiary/aromatic N) is 3. The summed E-state index contributed by atoms with van der Waals surface area (Å²) in [5.74, 6) is 1.99. The molecular weight excluding hydrogens is 558 g/mol. The number of fused-ring (bicyclic) bond motifs is 4. The molecule has 46 heavy (non-hydrogen) atoms. The van der Waals surface area contributed by atoms with E-state index in [1.807, 2.05) is 36.4 Å². The lowest BCUT2D eigenvalue weighted by atomic mass is 9.55. The van der Waals surface area contributed by atoms with Crippen LogP contribution in [-0.2, 0) is 10.8 Å². The molecule has 0 aliphatic heterocycles. The van der Waals surface area contributed by atoms with Gasteiger partial charge in [-0.05, 0) is 61.0 Å².